The predicted molar refractivity (Wildman–Crippen MR) is 272 cm³/mol. The topological polar surface area (TPSA) is 211 Å². The smallest absolute Gasteiger partial charge is 0.297 e. The number of hydrogen-bond donors (Lipinski definition) is 4. The number of carbonyl (C=O) groups excluding carboxylic acids is 1. The molecule has 5 fully saturated rings. The summed E-state index contributed by atoms with van der Waals surface area (Å²) in [5, 5.41) is 27.0. The summed E-state index contributed by atoms with van der Waals surface area (Å²) < 4.78 is 55.1. The van der Waals surface area contributed by atoms with Crippen molar-refractivity contribution in [2.75, 3.05) is 49.7 Å². The number of H-pyrrole nitrogens is 1. The van der Waals surface area contributed by atoms with Gasteiger partial charge in [0, 0.05) is 67.1 Å². The van der Waals surface area contributed by atoms with E-state index in [-0.39, 0.29) is 64.5 Å². The molecule has 0 radical (unpaired) electrons. The molecule has 18 heteroatoms. The number of sulfonamides is 1. The van der Waals surface area contributed by atoms with Gasteiger partial charge in [-0.25, -0.2) is 13.1 Å². The van der Waals surface area contributed by atoms with Crippen LogP contribution < -0.4 is 29.1 Å². The number of aromatic nitrogens is 2. The highest BCUT2D eigenvalue weighted by Gasteiger charge is 2.50. The maximum Gasteiger partial charge on any atom is 0.297 e. The second kappa shape index (κ2) is 19.1. The number of rotatable bonds is 13. The highest BCUT2D eigenvalue weighted by molar-refractivity contribution is 7.90. The van der Waals surface area contributed by atoms with Gasteiger partial charge in [-0.05, 0) is 130 Å². The van der Waals surface area contributed by atoms with Crippen LogP contribution in [0.4, 0.5) is 17.1 Å². The van der Waals surface area contributed by atoms with Crippen LogP contribution in [0, 0.1) is 21.4 Å². The number of hydrogen-bond acceptors (Lipinski definition) is 14. The lowest BCUT2D eigenvalue weighted by molar-refractivity contribution is -0.384. The van der Waals surface area contributed by atoms with E-state index >= 15 is 0 Å². The fourth-order valence-corrected chi connectivity index (χ4v) is 13.4. The van der Waals surface area contributed by atoms with Crippen LogP contribution in [0.3, 0.4) is 0 Å². The number of nitrogens with zero attached hydrogens (tertiary/aromatic N) is 4. The summed E-state index contributed by atoms with van der Waals surface area (Å²) in [6.07, 6.45) is 11.5. The third-order valence-corrected chi connectivity index (χ3v) is 17.9. The molecule has 6 aliphatic rings. The summed E-state index contributed by atoms with van der Waals surface area (Å²) in [5.74, 6) is 0.0550. The molecule has 1 spiro atoms. The summed E-state index contributed by atoms with van der Waals surface area (Å²) in [6, 6.07) is 20.6. The highest BCUT2D eigenvalue weighted by atomic mass is 32.2. The minimum atomic E-state index is -4.72. The van der Waals surface area contributed by atoms with Crippen LogP contribution in [0.1, 0.15) is 125 Å². The lowest BCUT2D eigenvalue weighted by atomic mass is 9.59. The number of nitrogens with one attached hydrogen (secondary N) is 3. The molecule has 3 saturated heterocycles. The number of benzene rings is 3. The van der Waals surface area contributed by atoms with Crippen LogP contribution in [-0.4, -0.2) is 102 Å². The SMILES string of the molecule is CC(C)c1ccccc1[C@H]1CCCN1C1CC2(CCN(c3ccc(C(=O)NS(=O)(=O)c4cc5c(c([N+](=O)[O-])c4)N[C@@H](C4CCC(C)(O)CC4)CO5)c(Oc4cc5cc[nH]c5nc4O[C@H]4CCOC4)c3)CC2)C1. The van der Waals surface area contributed by atoms with Crippen LogP contribution in [0.2, 0.25) is 0 Å². The van der Waals surface area contributed by atoms with E-state index in [2.05, 4.69) is 62.9 Å². The van der Waals surface area contributed by atoms with Crippen molar-refractivity contribution in [3.8, 4) is 23.1 Å². The Morgan fingerprint density at radius 3 is 2.51 bits per heavy atom. The standard InChI is InChI=1S/C54H65N7O10S/c1-33(2)40-7-4-5-8-41(40)44-9-6-21-60(44)37-29-54(30-37)18-22-59(23-19-54)36-10-11-42(46(26-36)71-48-25-35-14-20-55-50(35)57-52(48)70-38-15-24-68-31-38)51(62)58-72(66,67)39-27-45(61(64)65)49-47(28-39)69-32-43(56-49)34-12-16-53(3,63)17-13-34/h4-5,7-8,10-11,14,20,25-28,33-34,37-38,43-44,56,63H,6,9,12-13,15-19,21-24,29-32H2,1-3H3,(H,55,57)(H,58,62)/t34?,38-,43+,44+,53?/m0/s1. The lowest BCUT2D eigenvalue weighted by Gasteiger charge is -2.56. The highest BCUT2D eigenvalue weighted by Crippen LogP contribution is 2.55. The normalized spacial score (nSPS) is 25.4. The van der Waals surface area contributed by atoms with Crippen molar-refractivity contribution in [1.82, 2.24) is 19.6 Å². The predicted octanol–water partition coefficient (Wildman–Crippen LogP) is 9.37. The van der Waals surface area contributed by atoms with Gasteiger partial charge in [-0.2, -0.15) is 4.98 Å². The number of fused-ring (bicyclic) bond motifs is 2. The van der Waals surface area contributed by atoms with Gasteiger partial charge in [0.25, 0.3) is 27.5 Å². The number of aliphatic hydroxyl groups is 1. The number of likely N-dealkylation sites (tertiary alicyclic amines) is 1. The van der Waals surface area contributed by atoms with Crippen LogP contribution in [-0.2, 0) is 14.8 Å². The van der Waals surface area contributed by atoms with E-state index in [0.717, 1.165) is 49.6 Å². The van der Waals surface area contributed by atoms with Gasteiger partial charge in [0.15, 0.2) is 17.2 Å². The molecule has 2 aliphatic carbocycles. The molecule has 4 N–H and O–H groups in total. The minimum Gasteiger partial charge on any atom is -0.489 e. The van der Waals surface area contributed by atoms with Crippen LogP contribution in [0.5, 0.6) is 23.1 Å². The molecule has 5 aromatic rings. The number of nitro benzene ring substituents is 1. The molecule has 72 heavy (non-hydrogen) atoms. The first-order chi connectivity index (χ1) is 34.6. The fourth-order valence-electron chi connectivity index (χ4n) is 12.4. The maximum atomic E-state index is 14.4. The molecule has 1 amide bonds. The number of nitro groups is 1. The zero-order valence-electron chi connectivity index (χ0n) is 41.2. The Morgan fingerprint density at radius 1 is 0.972 bits per heavy atom. The Balaban J connectivity index is 0.842. The van der Waals surface area contributed by atoms with E-state index in [1.54, 1.807) is 24.4 Å². The molecule has 382 valence electrons. The van der Waals surface area contributed by atoms with Crippen molar-refractivity contribution in [2.45, 2.75) is 132 Å². The van der Waals surface area contributed by atoms with Gasteiger partial charge < -0.3 is 39.3 Å². The Hall–Kier alpha value is -5.95. The van der Waals surface area contributed by atoms with Gasteiger partial charge in [-0.1, -0.05) is 38.1 Å². The number of carbonyl (C=O) groups is 1. The van der Waals surface area contributed by atoms with Crippen LogP contribution >= 0.6 is 0 Å². The fraction of sp³-hybridized carbons (Fsp3) is 0.519. The molecule has 17 nitrogen and oxygen atoms in total. The van der Waals surface area contributed by atoms with Gasteiger partial charge in [0.2, 0.25) is 0 Å². The number of pyridine rings is 1. The van der Waals surface area contributed by atoms with Crippen molar-refractivity contribution in [1.29, 1.82) is 0 Å². The molecule has 0 bridgehead atoms. The van der Waals surface area contributed by atoms with E-state index in [1.807, 2.05) is 19.1 Å². The van der Waals surface area contributed by atoms with Crippen molar-refractivity contribution in [3.63, 3.8) is 0 Å². The van der Waals surface area contributed by atoms with Gasteiger partial charge >= 0.3 is 0 Å². The molecule has 2 saturated carbocycles. The number of piperidine rings is 1. The molecule has 0 unspecified atom stereocenters. The van der Waals surface area contributed by atoms with Gasteiger partial charge in [-0.15, -0.1) is 0 Å². The molecular formula is C54H65N7O10S. The van der Waals surface area contributed by atoms with E-state index in [0.29, 0.717) is 69.0 Å². The number of anilines is 2. The minimum absolute atomic E-state index is 0.00863. The van der Waals surface area contributed by atoms with Gasteiger partial charge in [0.1, 0.15) is 24.1 Å². The number of amides is 1. The first kappa shape index (κ1) is 48.3. The van der Waals surface area contributed by atoms with E-state index < -0.39 is 37.0 Å². The summed E-state index contributed by atoms with van der Waals surface area (Å²) in [7, 11) is -4.72. The Kier molecular flexibility index (Phi) is 12.9. The number of ether oxygens (including phenoxy) is 4. The second-order valence-corrected chi connectivity index (χ2v) is 23.4. The van der Waals surface area contributed by atoms with Crippen molar-refractivity contribution in [2.24, 2.45) is 11.3 Å². The maximum absolute atomic E-state index is 14.4. The average Bonchev–Trinajstić information content (AvgIpc) is 4.16. The van der Waals surface area contributed by atoms with Crippen LogP contribution in [0.15, 0.2) is 77.8 Å². The molecule has 11 rings (SSSR count). The zero-order chi connectivity index (χ0) is 49.9. The molecule has 3 atom stereocenters. The largest absolute Gasteiger partial charge is 0.489 e. The Labute approximate surface area is 420 Å². The summed E-state index contributed by atoms with van der Waals surface area (Å²) >= 11 is 0. The number of aromatic amines is 1. The second-order valence-electron chi connectivity index (χ2n) is 21.7. The third-order valence-electron chi connectivity index (χ3n) is 16.5. The third kappa shape index (κ3) is 9.58. The molecular weight excluding hydrogens is 939 g/mol. The molecule has 6 heterocycles. The first-order valence-corrected chi connectivity index (χ1v) is 27.2. The van der Waals surface area contributed by atoms with Crippen molar-refractivity contribution >= 4 is 44.0 Å². The Bertz CT molecular complexity index is 2960. The van der Waals surface area contributed by atoms with Crippen molar-refractivity contribution in [3.05, 3.63) is 99.7 Å². The summed E-state index contributed by atoms with van der Waals surface area (Å²) in [6.45, 7) is 10.2. The Morgan fingerprint density at radius 2 is 1.76 bits per heavy atom. The summed E-state index contributed by atoms with van der Waals surface area (Å²) in [5.41, 5.74) is 3.33. The van der Waals surface area contributed by atoms with Crippen LogP contribution in [0.25, 0.3) is 11.0 Å². The first-order valence-electron chi connectivity index (χ1n) is 25.8. The average molecular weight is 1000 g/mol. The van der Waals surface area contributed by atoms with E-state index in [4.69, 9.17) is 23.9 Å². The lowest BCUT2D eigenvalue weighted by Crippen LogP contribution is -2.54. The summed E-state index contributed by atoms with van der Waals surface area (Å²) in [4.78, 5) is 38.7. The van der Waals surface area contributed by atoms with E-state index in [9.17, 15) is 28.4 Å². The monoisotopic (exact) mass is 1000 g/mol. The van der Waals surface area contributed by atoms with Gasteiger partial charge in [-0.3, -0.25) is 19.8 Å². The van der Waals surface area contributed by atoms with Gasteiger partial charge in [0.05, 0.1) is 40.2 Å². The quantitative estimate of drug-likeness (QED) is 0.0640. The molecule has 3 aromatic carbocycles. The molecule has 2 aromatic heterocycles. The van der Waals surface area contributed by atoms with E-state index in [1.165, 1.54) is 42.9 Å². The zero-order valence-corrected chi connectivity index (χ0v) is 42.0. The molecule has 4 aliphatic heterocycles. The van der Waals surface area contributed by atoms with Crippen molar-refractivity contribution < 1.29 is 42.2 Å².